The van der Waals surface area contributed by atoms with Gasteiger partial charge in [-0.05, 0) is 37.7 Å². The van der Waals surface area contributed by atoms with Crippen molar-refractivity contribution in [3.05, 3.63) is 0 Å². The smallest absolute Gasteiger partial charge is 0.239 e. The number of amides is 1. The molecule has 0 spiro atoms. The number of carbonyl (C=O) groups excluding carboxylic acids is 1. The van der Waals surface area contributed by atoms with Crippen molar-refractivity contribution in [3.8, 4) is 0 Å². The van der Waals surface area contributed by atoms with E-state index in [1.165, 1.54) is 12.8 Å². The Kier molecular flexibility index (Phi) is 6.21. The summed E-state index contributed by atoms with van der Waals surface area (Å²) < 4.78 is 0. The topological polar surface area (TPSA) is 46.3 Å². The number of rotatable bonds is 8. The Labute approximate surface area is 103 Å². The Morgan fingerprint density at radius 1 is 1.56 bits per heavy atom. The zero-order valence-corrected chi connectivity index (χ0v) is 11.3. The highest BCUT2D eigenvalue weighted by molar-refractivity contribution is 7.98. The molecule has 0 unspecified atom stereocenters. The summed E-state index contributed by atoms with van der Waals surface area (Å²) in [4.78, 5) is 14.2. The van der Waals surface area contributed by atoms with Crippen molar-refractivity contribution in [1.82, 2.24) is 4.90 Å². The monoisotopic (exact) mass is 244 g/mol. The van der Waals surface area contributed by atoms with Crippen molar-refractivity contribution in [2.45, 2.75) is 51.1 Å². The molecule has 3 nitrogen and oxygen atoms in total. The molecule has 0 heterocycles. The average molecular weight is 244 g/mol. The highest BCUT2D eigenvalue weighted by Crippen LogP contribution is 2.27. The van der Waals surface area contributed by atoms with Crippen LogP contribution in [0.25, 0.3) is 0 Å². The molecule has 16 heavy (non-hydrogen) atoms. The molecule has 0 bridgehead atoms. The molecule has 0 aromatic carbocycles. The van der Waals surface area contributed by atoms with Gasteiger partial charge in [0.15, 0.2) is 0 Å². The van der Waals surface area contributed by atoms with E-state index in [2.05, 4.69) is 6.92 Å². The molecule has 1 aliphatic rings. The molecule has 94 valence electrons. The molecule has 1 aliphatic carbocycles. The largest absolute Gasteiger partial charge is 0.338 e. The molecular formula is C12H24N2OS. The van der Waals surface area contributed by atoms with Gasteiger partial charge >= 0.3 is 0 Å². The molecule has 1 rings (SSSR count). The maximum absolute atomic E-state index is 12.1. The summed E-state index contributed by atoms with van der Waals surface area (Å²) in [5.74, 6) is 1.14. The van der Waals surface area contributed by atoms with Crippen LogP contribution in [-0.2, 0) is 4.79 Å². The Morgan fingerprint density at radius 2 is 2.25 bits per heavy atom. The number of thioether (sulfide) groups is 1. The quantitative estimate of drug-likeness (QED) is 0.709. The fraction of sp³-hybridized carbons (Fsp3) is 0.917. The molecular weight excluding hydrogens is 220 g/mol. The van der Waals surface area contributed by atoms with Crippen molar-refractivity contribution >= 4 is 17.7 Å². The van der Waals surface area contributed by atoms with Crippen LogP contribution in [0.15, 0.2) is 0 Å². The van der Waals surface area contributed by atoms with E-state index in [0.717, 1.165) is 31.6 Å². The van der Waals surface area contributed by atoms with Crippen molar-refractivity contribution in [1.29, 1.82) is 0 Å². The summed E-state index contributed by atoms with van der Waals surface area (Å²) in [7, 11) is 0. The van der Waals surface area contributed by atoms with Crippen LogP contribution >= 0.6 is 11.8 Å². The number of nitrogens with zero attached hydrogens (tertiary/aromatic N) is 1. The van der Waals surface area contributed by atoms with Crippen LogP contribution in [0.4, 0.5) is 0 Å². The lowest BCUT2D eigenvalue weighted by Gasteiger charge is -2.25. The Hall–Kier alpha value is -0.220. The van der Waals surface area contributed by atoms with Crippen LogP contribution in [-0.4, -0.2) is 41.4 Å². The Morgan fingerprint density at radius 3 is 2.75 bits per heavy atom. The molecule has 0 aliphatic heterocycles. The maximum atomic E-state index is 12.1. The third-order valence-corrected chi connectivity index (χ3v) is 3.62. The lowest BCUT2D eigenvalue weighted by atomic mass is 10.2. The van der Waals surface area contributed by atoms with Crippen LogP contribution < -0.4 is 5.73 Å². The molecule has 1 saturated carbocycles. The van der Waals surface area contributed by atoms with Gasteiger partial charge in [-0.1, -0.05) is 13.3 Å². The average Bonchev–Trinajstić information content (AvgIpc) is 3.10. The van der Waals surface area contributed by atoms with Crippen molar-refractivity contribution in [2.75, 3.05) is 18.6 Å². The Balaban J connectivity index is 2.39. The van der Waals surface area contributed by atoms with E-state index in [1.807, 2.05) is 11.2 Å². The molecule has 0 aromatic heterocycles. The van der Waals surface area contributed by atoms with Gasteiger partial charge in [0.05, 0.1) is 6.04 Å². The van der Waals surface area contributed by atoms with Gasteiger partial charge in [0.25, 0.3) is 0 Å². The van der Waals surface area contributed by atoms with Crippen LogP contribution in [0.1, 0.15) is 39.0 Å². The predicted octanol–water partition coefficient (Wildman–Crippen LogP) is 1.86. The molecule has 4 heteroatoms. The van der Waals surface area contributed by atoms with E-state index in [4.69, 9.17) is 5.73 Å². The summed E-state index contributed by atoms with van der Waals surface area (Å²) >= 11 is 1.75. The summed E-state index contributed by atoms with van der Waals surface area (Å²) in [6.45, 7) is 3.05. The second-order valence-electron chi connectivity index (χ2n) is 4.50. The van der Waals surface area contributed by atoms with Crippen LogP contribution in [0.5, 0.6) is 0 Å². The van der Waals surface area contributed by atoms with Crippen molar-refractivity contribution < 1.29 is 4.79 Å². The zero-order valence-electron chi connectivity index (χ0n) is 10.4. The molecule has 2 N–H and O–H groups in total. The normalized spacial score (nSPS) is 17.2. The van der Waals surface area contributed by atoms with E-state index < -0.39 is 0 Å². The fourth-order valence-electron chi connectivity index (χ4n) is 1.77. The van der Waals surface area contributed by atoms with Gasteiger partial charge in [-0.15, -0.1) is 0 Å². The van der Waals surface area contributed by atoms with E-state index >= 15 is 0 Å². The van der Waals surface area contributed by atoms with E-state index in [1.54, 1.807) is 11.8 Å². The second kappa shape index (κ2) is 7.17. The lowest BCUT2D eigenvalue weighted by Crippen LogP contribution is -2.45. The molecule has 1 amide bonds. The van der Waals surface area contributed by atoms with Gasteiger partial charge in [-0.3, -0.25) is 4.79 Å². The first-order valence-electron chi connectivity index (χ1n) is 6.25. The van der Waals surface area contributed by atoms with Crippen LogP contribution in [0, 0.1) is 0 Å². The summed E-state index contributed by atoms with van der Waals surface area (Å²) in [6, 6.07) is 0.212. The summed E-state index contributed by atoms with van der Waals surface area (Å²) in [5.41, 5.74) is 5.94. The van der Waals surface area contributed by atoms with Crippen LogP contribution in [0.3, 0.4) is 0 Å². The predicted molar refractivity (Wildman–Crippen MR) is 70.6 cm³/mol. The summed E-state index contributed by atoms with van der Waals surface area (Å²) in [6.07, 6.45) is 7.42. The fourth-order valence-corrected chi connectivity index (χ4v) is 2.26. The van der Waals surface area contributed by atoms with Crippen molar-refractivity contribution in [2.24, 2.45) is 5.73 Å². The minimum Gasteiger partial charge on any atom is -0.338 e. The van der Waals surface area contributed by atoms with Crippen molar-refractivity contribution in [3.63, 3.8) is 0 Å². The standard InChI is InChI=1S/C12H24N2OS/c1-3-4-8-14(10-5-6-10)12(15)11(13)7-9-16-2/h10-11H,3-9,13H2,1-2H3/t11-/m0/s1. The van der Waals surface area contributed by atoms with Gasteiger partial charge in [-0.2, -0.15) is 11.8 Å². The molecule has 1 atom stereocenters. The number of unbranched alkanes of at least 4 members (excludes halogenated alkanes) is 1. The van der Waals surface area contributed by atoms with Crippen LogP contribution in [0.2, 0.25) is 0 Å². The highest BCUT2D eigenvalue weighted by atomic mass is 32.2. The molecule has 0 radical (unpaired) electrons. The third kappa shape index (κ3) is 4.34. The number of nitrogens with two attached hydrogens (primary N) is 1. The first kappa shape index (κ1) is 13.8. The van der Waals surface area contributed by atoms with Gasteiger partial charge < -0.3 is 10.6 Å². The first-order valence-corrected chi connectivity index (χ1v) is 7.65. The van der Waals surface area contributed by atoms with E-state index in [9.17, 15) is 4.79 Å². The van der Waals surface area contributed by atoms with Gasteiger partial charge in [0.1, 0.15) is 0 Å². The number of hydrogen-bond donors (Lipinski definition) is 1. The second-order valence-corrected chi connectivity index (χ2v) is 5.49. The minimum absolute atomic E-state index is 0.171. The zero-order chi connectivity index (χ0) is 12.0. The van der Waals surface area contributed by atoms with Gasteiger partial charge in [0, 0.05) is 12.6 Å². The SMILES string of the molecule is CCCCN(C(=O)[C@@H](N)CCSC)C1CC1. The first-order chi connectivity index (χ1) is 7.70. The lowest BCUT2D eigenvalue weighted by molar-refractivity contribution is -0.133. The van der Waals surface area contributed by atoms with Gasteiger partial charge in [0.2, 0.25) is 5.91 Å². The molecule has 0 aromatic rings. The Bertz CT molecular complexity index is 219. The van der Waals surface area contributed by atoms with E-state index in [0.29, 0.717) is 6.04 Å². The number of hydrogen-bond acceptors (Lipinski definition) is 3. The molecule has 0 saturated heterocycles. The van der Waals surface area contributed by atoms with Gasteiger partial charge in [-0.25, -0.2) is 0 Å². The maximum Gasteiger partial charge on any atom is 0.239 e. The minimum atomic E-state index is -0.287. The number of carbonyl (C=O) groups is 1. The summed E-state index contributed by atoms with van der Waals surface area (Å²) in [5, 5.41) is 0. The molecule has 1 fully saturated rings. The third-order valence-electron chi connectivity index (χ3n) is 2.97. The van der Waals surface area contributed by atoms with E-state index in [-0.39, 0.29) is 11.9 Å². The highest BCUT2D eigenvalue weighted by Gasteiger charge is 2.33.